The van der Waals surface area contributed by atoms with Crippen molar-refractivity contribution in [1.82, 2.24) is 0 Å². The van der Waals surface area contributed by atoms with Crippen molar-refractivity contribution in [3.8, 4) is 10.4 Å². The van der Waals surface area contributed by atoms with Crippen LogP contribution in [0, 0.1) is 13.9 Å². The summed E-state index contributed by atoms with van der Waals surface area (Å²) >= 11 is -0.302. The standard InChI is InChI=1S/C8H7I/c1-2-9-8-6-4-3-5-7-8/h1,3-7,9H. The molecule has 0 saturated heterocycles. The van der Waals surface area contributed by atoms with Crippen LogP contribution in [0.25, 0.3) is 0 Å². The first kappa shape index (κ1) is 6.63. The third-order valence-corrected chi connectivity index (χ3v) is 2.71. The zero-order valence-corrected chi connectivity index (χ0v) is 7.20. The van der Waals surface area contributed by atoms with Crippen molar-refractivity contribution in [2.45, 2.75) is 0 Å². The fraction of sp³-hybridized carbons (Fsp3) is 0. The molecule has 9 heavy (non-hydrogen) atoms. The first-order valence-corrected chi connectivity index (χ1v) is 4.94. The monoisotopic (exact) mass is 230 g/mol. The zero-order chi connectivity index (χ0) is 6.53. The van der Waals surface area contributed by atoms with Gasteiger partial charge < -0.3 is 0 Å². The van der Waals surface area contributed by atoms with E-state index in [1.54, 1.807) is 0 Å². The van der Waals surface area contributed by atoms with Crippen LogP contribution in [-0.2, 0) is 0 Å². The van der Waals surface area contributed by atoms with E-state index in [9.17, 15) is 0 Å². The molecule has 1 rings (SSSR count). The van der Waals surface area contributed by atoms with Crippen molar-refractivity contribution in [3.05, 3.63) is 33.9 Å². The molecule has 0 unspecified atom stereocenters. The molecule has 1 aromatic carbocycles. The Bertz CT molecular complexity index is 208. The maximum absolute atomic E-state index is 5.17. The molecule has 0 aromatic heterocycles. The molecule has 0 aliphatic carbocycles. The summed E-state index contributed by atoms with van der Waals surface area (Å²) in [5.74, 6) is 0. The number of hydrogen-bond donors (Lipinski definition) is 0. The second kappa shape index (κ2) is 3.52. The number of hydrogen-bond acceptors (Lipinski definition) is 0. The summed E-state index contributed by atoms with van der Waals surface area (Å²) in [6.45, 7) is 0. The van der Waals surface area contributed by atoms with Crippen molar-refractivity contribution in [2.24, 2.45) is 0 Å². The normalized spacial score (nSPS) is 8.78. The fourth-order valence-corrected chi connectivity index (χ4v) is 1.78. The van der Waals surface area contributed by atoms with Gasteiger partial charge in [0.25, 0.3) is 0 Å². The third-order valence-electron chi connectivity index (χ3n) is 0.920. The van der Waals surface area contributed by atoms with Crippen LogP contribution in [0.3, 0.4) is 0 Å². The number of rotatable bonds is 1. The Morgan fingerprint density at radius 3 is 2.44 bits per heavy atom. The predicted octanol–water partition coefficient (Wildman–Crippen LogP) is 2.15. The second-order valence-corrected chi connectivity index (χ2v) is 4.13. The molecule has 0 aliphatic heterocycles. The van der Waals surface area contributed by atoms with E-state index < -0.39 is 0 Å². The summed E-state index contributed by atoms with van der Waals surface area (Å²) in [5.41, 5.74) is 0. The van der Waals surface area contributed by atoms with E-state index in [1.165, 1.54) is 3.57 Å². The summed E-state index contributed by atoms with van der Waals surface area (Å²) in [4.78, 5) is 0. The van der Waals surface area contributed by atoms with Crippen LogP contribution in [0.4, 0.5) is 0 Å². The van der Waals surface area contributed by atoms with E-state index in [-0.39, 0.29) is 21.2 Å². The average molecular weight is 230 g/mol. The van der Waals surface area contributed by atoms with E-state index in [1.807, 2.05) is 18.2 Å². The van der Waals surface area contributed by atoms with Crippen LogP contribution >= 0.6 is 21.2 Å². The van der Waals surface area contributed by atoms with Gasteiger partial charge in [0.2, 0.25) is 0 Å². The molecule has 0 bridgehead atoms. The minimum atomic E-state index is -0.302. The van der Waals surface area contributed by atoms with Crippen LogP contribution in [-0.4, -0.2) is 0 Å². The van der Waals surface area contributed by atoms with Gasteiger partial charge in [-0.1, -0.05) is 0 Å². The second-order valence-electron chi connectivity index (χ2n) is 1.53. The first-order chi connectivity index (χ1) is 4.43. The van der Waals surface area contributed by atoms with Crippen molar-refractivity contribution in [3.63, 3.8) is 0 Å². The van der Waals surface area contributed by atoms with Gasteiger partial charge >= 0.3 is 65.5 Å². The Kier molecular flexibility index (Phi) is 2.59. The van der Waals surface area contributed by atoms with Crippen LogP contribution in [0.2, 0.25) is 0 Å². The van der Waals surface area contributed by atoms with Crippen LogP contribution in [0.15, 0.2) is 30.3 Å². The van der Waals surface area contributed by atoms with Crippen molar-refractivity contribution in [2.75, 3.05) is 0 Å². The molecule has 46 valence electrons. The predicted molar refractivity (Wildman–Crippen MR) is 49.4 cm³/mol. The van der Waals surface area contributed by atoms with Gasteiger partial charge in [0.05, 0.1) is 0 Å². The quantitative estimate of drug-likeness (QED) is 0.512. The van der Waals surface area contributed by atoms with Gasteiger partial charge in [-0.25, -0.2) is 0 Å². The molecule has 0 N–H and O–H groups in total. The molecule has 0 fully saturated rings. The van der Waals surface area contributed by atoms with Gasteiger partial charge in [0.1, 0.15) is 0 Å². The molecule has 0 spiro atoms. The molecule has 0 radical (unpaired) electrons. The number of terminal acetylenes is 1. The van der Waals surface area contributed by atoms with Gasteiger partial charge in [-0.3, -0.25) is 0 Å². The molecular formula is C8H7I. The summed E-state index contributed by atoms with van der Waals surface area (Å²) < 4.78 is 4.05. The SMILES string of the molecule is C#C[IH]c1ccccc1. The van der Waals surface area contributed by atoms with Gasteiger partial charge in [-0.15, -0.1) is 0 Å². The van der Waals surface area contributed by atoms with E-state index in [0.717, 1.165) is 0 Å². The van der Waals surface area contributed by atoms with Crippen molar-refractivity contribution < 1.29 is 0 Å². The Labute approximate surface area is 65.5 Å². The molecule has 0 atom stereocenters. The summed E-state index contributed by atoms with van der Waals surface area (Å²) in [6.07, 6.45) is 5.17. The fourth-order valence-electron chi connectivity index (χ4n) is 0.557. The van der Waals surface area contributed by atoms with E-state index >= 15 is 0 Å². The molecule has 1 aromatic rings. The van der Waals surface area contributed by atoms with Gasteiger partial charge in [0.15, 0.2) is 0 Å². The minimum absolute atomic E-state index is 0.302. The first-order valence-electron chi connectivity index (χ1n) is 2.61. The molecule has 0 heterocycles. The molecule has 0 nitrogen and oxygen atoms in total. The van der Waals surface area contributed by atoms with E-state index in [2.05, 4.69) is 16.1 Å². The van der Waals surface area contributed by atoms with Crippen molar-refractivity contribution in [1.29, 1.82) is 0 Å². The molecule has 1 heteroatoms. The molecule has 0 saturated carbocycles. The summed E-state index contributed by atoms with van der Waals surface area (Å²) in [7, 11) is 0. The zero-order valence-electron chi connectivity index (χ0n) is 4.87. The molecule has 0 amide bonds. The maximum atomic E-state index is 5.17. The van der Waals surface area contributed by atoms with Gasteiger partial charge in [0, 0.05) is 0 Å². The van der Waals surface area contributed by atoms with Crippen LogP contribution in [0.5, 0.6) is 0 Å². The Morgan fingerprint density at radius 2 is 1.89 bits per heavy atom. The van der Waals surface area contributed by atoms with Crippen LogP contribution in [0.1, 0.15) is 0 Å². The molecular weight excluding hydrogens is 223 g/mol. The van der Waals surface area contributed by atoms with Crippen LogP contribution < -0.4 is 0 Å². The Morgan fingerprint density at radius 1 is 1.22 bits per heavy atom. The van der Waals surface area contributed by atoms with Gasteiger partial charge in [-0.2, -0.15) is 0 Å². The molecule has 0 aliphatic rings. The average Bonchev–Trinajstić information content (AvgIpc) is 1.91. The van der Waals surface area contributed by atoms with E-state index in [0.29, 0.717) is 0 Å². The number of halogens is 1. The van der Waals surface area contributed by atoms with Gasteiger partial charge in [-0.05, 0) is 0 Å². The third kappa shape index (κ3) is 2.06. The Balaban J connectivity index is 2.76. The number of benzene rings is 1. The van der Waals surface area contributed by atoms with E-state index in [4.69, 9.17) is 6.42 Å². The topological polar surface area (TPSA) is 0 Å². The van der Waals surface area contributed by atoms with Crippen molar-refractivity contribution >= 4 is 21.2 Å². The summed E-state index contributed by atoms with van der Waals surface area (Å²) in [6, 6.07) is 10.2. The summed E-state index contributed by atoms with van der Waals surface area (Å²) in [5, 5.41) is 0. The Hall–Kier alpha value is -0.490.